The summed E-state index contributed by atoms with van der Waals surface area (Å²) in [6.45, 7) is 3.54. The lowest BCUT2D eigenvalue weighted by Crippen LogP contribution is -2.26. The molecule has 5 heteroatoms. The normalized spacial score (nSPS) is 10.5. The zero-order valence-corrected chi connectivity index (χ0v) is 17.6. The highest BCUT2D eigenvalue weighted by atomic mass is 79.9. The molecule has 2 aromatic rings. The van der Waals surface area contributed by atoms with E-state index in [1.54, 1.807) is 11.8 Å². The summed E-state index contributed by atoms with van der Waals surface area (Å²) < 4.78 is 6.85. The van der Waals surface area contributed by atoms with Crippen LogP contribution in [-0.4, -0.2) is 24.8 Å². The summed E-state index contributed by atoms with van der Waals surface area (Å²) in [5, 5.41) is 3.00. The number of rotatable bonds is 11. The highest BCUT2D eigenvalue weighted by Gasteiger charge is 2.05. The summed E-state index contributed by atoms with van der Waals surface area (Å²) in [6.07, 6.45) is 2.82. The van der Waals surface area contributed by atoms with Crippen LogP contribution in [0.1, 0.15) is 30.9 Å². The summed E-state index contributed by atoms with van der Waals surface area (Å²) >= 11 is 5.07. The Bertz CT molecular complexity index is 676. The van der Waals surface area contributed by atoms with E-state index in [9.17, 15) is 4.79 Å². The molecule has 0 spiro atoms. The Labute approximate surface area is 169 Å². The summed E-state index contributed by atoms with van der Waals surface area (Å²) in [4.78, 5) is 11.9. The van der Waals surface area contributed by atoms with Crippen LogP contribution < -0.4 is 10.1 Å². The van der Waals surface area contributed by atoms with Crippen molar-refractivity contribution in [2.24, 2.45) is 0 Å². The van der Waals surface area contributed by atoms with Gasteiger partial charge in [0.05, 0.1) is 12.4 Å². The van der Waals surface area contributed by atoms with Gasteiger partial charge in [0.1, 0.15) is 5.75 Å². The van der Waals surface area contributed by atoms with Crippen molar-refractivity contribution in [3.8, 4) is 5.75 Å². The molecule has 0 aliphatic carbocycles. The maximum Gasteiger partial charge on any atom is 0.230 e. The highest BCUT2D eigenvalue weighted by Crippen LogP contribution is 2.19. The second-order valence-electron chi connectivity index (χ2n) is 6.03. The molecule has 0 aliphatic rings. The van der Waals surface area contributed by atoms with Crippen LogP contribution >= 0.6 is 27.7 Å². The Hall–Kier alpha value is -1.46. The lowest BCUT2D eigenvalue weighted by Gasteiger charge is -2.11. The van der Waals surface area contributed by atoms with Crippen LogP contribution in [0.3, 0.4) is 0 Å². The van der Waals surface area contributed by atoms with E-state index in [0.717, 1.165) is 41.8 Å². The first-order chi connectivity index (χ1) is 12.7. The number of halogens is 1. The third-order valence-corrected chi connectivity index (χ3v) is 5.33. The molecule has 0 radical (unpaired) electrons. The number of carbonyl (C=O) groups excluding carboxylic acids is 1. The molecule has 1 amide bonds. The van der Waals surface area contributed by atoms with Crippen LogP contribution in [0.5, 0.6) is 5.75 Å². The minimum absolute atomic E-state index is 0.0997. The summed E-state index contributed by atoms with van der Waals surface area (Å²) in [5.74, 6) is 2.41. The number of nitrogens with one attached hydrogen (secondary N) is 1. The molecule has 2 aromatic carbocycles. The Morgan fingerprint density at radius 1 is 1.15 bits per heavy atom. The molecule has 0 aromatic heterocycles. The molecule has 0 fully saturated rings. The molecule has 1 N–H and O–H groups in total. The minimum Gasteiger partial charge on any atom is -0.493 e. The average Bonchev–Trinajstić information content (AvgIpc) is 2.66. The van der Waals surface area contributed by atoms with E-state index in [-0.39, 0.29) is 5.91 Å². The van der Waals surface area contributed by atoms with Gasteiger partial charge in [-0.1, -0.05) is 53.2 Å². The van der Waals surface area contributed by atoms with E-state index in [0.29, 0.717) is 12.3 Å². The van der Waals surface area contributed by atoms with Gasteiger partial charge in [0.25, 0.3) is 0 Å². The summed E-state index contributed by atoms with van der Waals surface area (Å²) in [6, 6.07) is 16.4. The molecule has 140 valence electrons. The monoisotopic (exact) mass is 435 g/mol. The van der Waals surface area contributed by atoms with Gasteiger partial charge in [0.15, 0.2) is 0 Å². The molecule has 2 rings (SSSR count). The van der Waals surface area contributed by atoms with E-state index >= 15 is 0 Å². The van der Waals surface area contributed by atoms with E-state index < -0.39 is 0 Å². The van der Waals surface area contributed by atoms with Gasteiger partial charge in [0.2, 0.25) is 5.91 Å². The summed E-state index contributed by atoms with van der Waals surface area (Å²) in [7, 11) is 0. The van der Waals surface area contributed by atoms with Crippen LogP contribution in [0.2, 0.25) is 0 Å². The van der Waals surface area contributed by atoms with Gasteiger partial charge in [-0.25, -0.2) is 0 Å². The fourth-order valence-corrected chi connectivity index (χ4v) is 3.55. The average molecular weight is 436 g/mol. The van der Waals surface area contributed by atoms with Crippen molar-refractivity contribution in [1.29, 1.82) is 0 Å². The van der Waals surface area contributed by atoms with Gasteiger partial charge in [-0.15, -0.1) is 11.8 Å². The number of ether oxygens (including phenoxy) is 1. The first kappa shape index (κ1) is 20.8. The topological polar surface area (TPSA) is 38.3 Å². The van der Waals surface area contributed by atoms with Gasteiger partial charge in [-0.05, 0) is 48.6 Å². The van der Waals surface area contributed by atoms with Crippen LogP contribution in [0, 0.1) is 0 Å². The lowest BCUT2D eigenvalue weighted by molar-refractivity contribution is -0.118. The maximum atomic E-state index is 11.9. The zero-order chi connectivity index (χ0) is 18.6. The molecular weight excluding hydrogens is 410 g/mol. The fraction of sp³-hybridized carbons (Fsp3) is 0.381. The van der Waals surface area contributed by atoms with Crippen LogP contribution in [0.15, 0.2) is 53.0 Å². The molecular formula is C21H26BrNO2S. The first-order valence-corrected chi connectivity index (χ1v) is 10.9. The SMILES string of the molecule is CCCOc1ccccc1CCCNC(=O)CSCc1ccc(Br)cc1. The number of amides is 1. The van der Waals surface area contributed by atoms with Crippen LogP contribution in [-0.2, 0) is 17.0 Å². The van der Waals surface area contributed by atoms with Crippen molar-refractivity contribution in [1.82, 2.24) is 5.32 Å². The standard InChI is InChI=1S/C21H26BrNO2S/c1-2-14-25-20-8-4-3-6-18(20)7-5-13-23-21(24)16-26-15-17-9-11-19(22)12-10-17/h3-4,6,8-12H,2,5,7,13-16H2,1H3,(H,23,24). The predicted molar refractivity (Wildman–Crippen MR) is 114 cm³/mol. The third-order valence-electron chi connectivity index (χ3n) is 3.79. The minimum atomic E-state index is 0.0997. The predicted octanol–water partition coefficient (Wildman–Crippen LogP) is 5.22. The molecule has 0 saturated carbocycles. The van der Waals surface area contributed by atoms with Crippen molar-refractivity contribution in [2.75, 3.05) is 18.9 Å². The van der Waals surface area contributed by atoms with Gasteiger partial charge < -0.3 is 10.1 Å². The Kier molecular flexibility index (Phi) is 9.64. The Morgan fingerprint density at radius 3 is 2.69 bits per heavy atom. The van der Waals surface area contributed by atoms with Crippen molar-refractivity contribution in [3.05, 3.63) is 64.1 Å². The van der Waals surface area contributed by atoms with E-state index in [1.807, 2.05) is 30.3 Å². The number of carbonyl (C=O) groups is 1. The van der Waals surface area contributed by atoms with E-state index in [4.69, 9.17) is 4.74 Å². The Morgan fingerprint density at radius 2 is 1.92 bits per heavy atom. The van der Waals surface area contributed by atoms with Gasteiger partial charge >= 0.3 is 0 Å². The molecule has 0 unspecified atom stereocenters. The molecule has 0 saturated heterocycles. The van der Waals surface area contributed by atoms with Gasteiger partial charge in [-0.2, -0.15) is 0 Å². The number of aryl methyl sites for hydroxylation is 1. The number of hydrogen-bond acceptors (Lipinski definition) is 3. The van der Waals surface area contributed by atoms with Gasteiger partial charge in [0, 0.05) is 16.8 Å². The smallest absolute Gasteiger partial charge is 0.230 e. The molecule has 26 heavy (non-hydrogen) atoms. The molecule has 0 bridgehead atoms. The number of benzene rings is 2. The van der Waals surface area contributed by atoms with Crippen LogP contribution in [0.4, 0.5) is 0 Å². The second-order valence-corrected chi connectivity index (χ2v) is 7.93. The quantitative estimate of drug-likeness (QED) is 0.491. The van der Waals surface area contributed by atoms with Crippen molar-refractivity contribution in [2.45, 2.75) is 31.9 Å². The number of thioether (sulfide) groups is 1. The molecule has 0 aliphatic heterocycles. The highest BCUT2D eigenvalue weighted by molar-refractivity contribution is 9.10. The molecule has 0 heterocycles. The maximum absolute atomic E-state index is 11.9. The van der Waals surface area contributed by atoms with Crippen molar-refractivity contribution >= 4 is 33.6 Å². The van der Waals surface area contributed by atoms with Gasteiger partial charge in [-0.3, -0.25) is 4.79 Å². The number of para-hydroxylation sites is 1. The van der Waals surface area contributed by atoms with Crippen molar-refractivity contribution in [3.63, 3.8) is 0 Å². The first-order valence-electron chi connectivity index (χ1n) is 8.98. The number of hydrogen-bond donors (Lipinski definition) is 1. The largest absolute Gasteiger partial charge is 0.493 e. The fourth-order valence-electron chi connectivity index (χ4n) is 2.46. The zero-order valence-electron chi connectivity index (χ0n) is 15.2. The Balaban J connectivity index is 1.62. The molecule has 0 atom stereocenters. The van der Waals surface area contributed by atoms with E-state index in [1.165, 1.54) is 11.1 Å². The summed E-state index contributed by atoms with van der Waals surface area (Å²) in [5.41, 5.74) is 2.44. The van der Waals surface area contributed by atoms with Crippen LogP contribution in [0.25, 0.3) is 0 Å². The third kappa shape index (κ3) is 7.83. The van der Waals surface area contributed by atoms with E-state index in [2.05, 4.69) is 46.4 Å². The molecule has 3 nitrogen and oxygen atoms in total. The van der Waals surface area contributed by atoms with Crippen molar-refractivity contribution < 1.29 is 9.53 Å². The lowest BCUT2D eigenvalue weighted by atomic mass is 10.1. The second kappa shape index (κ2) is 12.0.